The molecule has 0 N–H and O–H groups in total. The third kappa shape index (κ3) is 7.26. The molecule has 4 nitrogen and oxygen atoms in total. The summed E-state index contributed by atoms with van der Waals surface area (Å²) < 4.78 is 4.78. The number of anilines is 3. The largest absolute Gasteiger partial charge is 0.309 e. The van der Waals surface area contributed by atoms with Gasteiger partial charge in [0, 0.05) is 54.1 Å². The number of rotatable bonds is 9. The Balaban J connectivity index is 0.958. The highest BCUT2D eigenvalue weighted by Crippen LogP contribution is 2.58. The highest BCUT2D eigenvalue weighted by atomic mass is 32.1. The van der Waals surface area contributed by atoms with Crippen molar-refractivity contribution in [3.8, 4) is 50.7 Å². The van der Waals surface area contributed by atoms with Gasteiger partial charge in [-0.3, -0.25) is 4.57 Å². The second-order valence-corrected chi connectivity index (χ2v) is 22.9. The van der Waals surface area contributed by atoms with E-state index in [9.17, 15) is 0 Å². The average Bonchev–Trinajstić information content (AvgIpc) is 2.33. The molecule has 5 heteroatoms. The van der Waals surface area contributed by atoms with Crippen molar-refractivity contribution >= 4 is 91.9 Å². The summed E-state index contributed by atoms with van der Waals surface area (Å²) in [6.07, 6.45) is 0. The van der Waals surface area contributed by atoms with E-state index in [1.807, 2.05) is 11.3 Å². The fraction of sp³-hybridized carbons (Fsp3) is 0.0127. The molecule has 13 aromatic carbocycles. The van der Waals surface area contributed by atoms with Crippen LogP contribution in [-0.2, 0) is 5.41 Å². The Labute approximate surface area is 490 Å². The number of nitrogens with zero attached hydrogens (tertiary/aromatic N) is 4. The molecule has 17 rings (SSSR count). The van der Waals surface area contributed by atoms with E-state index in [4.69, 9.17) is 9.97 Å². The summed E-state index contributed by atoms with van der Waals surface area (Å²) in [6.45, 7) is 0. The summed E-state index contributed by atoms with van der Waals surface area (Å²) in [7, 11) is 0. The lowest BCUT2D eigenvalue weighted by Gasteiger charge is -2.35. The minimum atomic E-state index is -0.574. The van der Waals surface area contributed by atoms with E-state index in [1.165, 1.54) is 91.6 Å². The standard InChI is InChI=1S/C79H50N4S/c1-6-23-51(24-7-1)52-41-43-57(44-42-52)82(58-45-46-62-61-35-20-21-39-67(61)79(68(62)49-58,55-29-12-4-13-30-55)56-31-14-5-15-32-56)72-40-22-38-65-66-47-48-71-74(77(66)84-76(65)72)73-63-36-18-16-33-59(63)60-34-17-19-37-64(60)75(73)83(71)78-80-69(53-25-8-2-9-26-53)50-70(81-78)54-27-10-3-11-28-54/h1-50H. The van der Waals surface area contributed by atoms with Gasteiger partial charge in [0.15, 0.2) is 0 Å². The van der Waals surface area contributed by atoms with Crippen LogP contribution in [0.1, 0.15) is 22.3 Å². The van der Waals surface area contributed by atoms with E-state index in [2.05, 4.69) is 313 Å². The van der Waals surface area contributed by atoms with Gasteiger partial charge in [-0.1, -0.05) is 261 Å². The van der Waals surface area contributed by atoms with Crippen LogP contribution in [0, 0.1) is 0 Å². The first-order valence-electron chi connectivity index (χ1n) is 28.7. The van der Waals surface area contributed by atoms with Gasteiger partial charge < -0.3 is 4.90 Å². The second-order valence-electron chi connectivity index (χ2n) is 21.9. The molecule has 3 heterocycles. The summed E-state index contributed by atoms with van der Waals surface area (Å²) >= 11 is 1.89. The molecule has 0 bridgehead atoms. The van der Waals surface area contributed by atoms with Gasteiger partial charge in [0.1, 0.15) is 0 Å². The maximum absolute atomic E-state index is 5.55. The normalized spacial score (nSPS) is 12.6. The van der Waals surface area contributed by atoms with Crippen molar-refractivity contribution in [2.45, 2.75) is 5.41 Å². The Kier molecular flexibility index (Phi) is 11.0. The van der Waals surface area contributed by atoms with Gasteiger partial charge in [-0.05, 0) is 103 Å². The van der Waals surface area contributed by atoms with E-state index in [0.717, 1.165) is 56.0 Å². The summed E-state index contributed by atoms with van der Waals surface area (Å²) in [6, 6.07) is 111. The van der Waals surface area contributed by atoms with Crippen LogP contribution >= 0.6 is 11.3 Å². The number of thiophene rings is 1. The van der Waals surface area contributed by atoms with Gasteiger partial charge in [-0.25, -0.2) is 9.97 Å². The number of hydrogen-bond acceptors (Lipinski definition) is 4. The van der Waals surface area contributed by atoms with Gasteiger partial charge in [0.25, 0.3) is 0 Å². The Hall–Kier alpha value is -10.7. The Morgan fingerprint density at radius 1 is 0.333 bits per heavy atom. The molecule has 0 radical (unpaired) electrons. The molecule has 392 valence electrons. The maximum Gasteiger partial charge on any atom is 0.235 e. The van der Waals surface area contributed by atoms with E-state index in [1.54, 1.807) is 0 Å². The highest BCUT2D eigenvalue weighted by Gasteiger charge is 2.46. The first-order chi connectivity index (χ1) is 41.7. The van der Waals surface area contributed by atoms with Gasteiger partial charge in [-0.15, -0.1) is 11.3 Å². The molecule has 84 heavy (non-hydrogen) atoms. The lowest BCUT2D eigenvalue weighted by Crippen LogP contribution is -2.28. The second kappa shape index (κ2) is 19.2. The molecule has 3 aromatic heterocycles. The monoisotopic (exact) mass is 1090 g/mol. The van der Waals surface area contributed by atoms with Crippen molar-refractivity contribution in [1.82, 2.24) is 14.5 Å². The summed E-state index contributed by atoms with van der Waals surface area (Å²) in [5, 5.41) is 9.55. The first kappa shape index (κ1) is 48.0. The van der Waals surface area contributed by atoms with Crippen molar-refractivity contribution in [1.29, 1.82) is 0 Å². The van der Waals surface area contributed by atoms with Crippen LogP contribution < -0.4 is 4.90 Å². The topological polar surface area (TPSA) is 34.0 Å². The van der Waals surface area contributed by atoms with E-state index in [0.29, 0.717) is 5.95 Å². The summed E-state index contributed by atoms with van der Waals surface area (Å²) in [4.78, 5) is 13.6. The quantitative estimate of drug-likeness (QED) is 0.135. The lowest BCUT2D eigenvalue weighted by molar-refractivity contribution is 0.768. The van der Waals surface area contributed by atoms with Gasteiger partial charge in [0.2, 0.25) is 5.95 Å². The molecule has 0 atom stereocenters. The molecule has 1 aliphatic carbocycles. The fourth-order valence-electron chi connectivity index (χ4n) is 13.9. The average molecular weight is 1090 g/mol. The third-order valence-electron chi connectivity index (χ3n) is 17.5. The third-order valence-corrected chi connectivity index (χ3v) is 18.7. The smallest absolute Gasteiger partial charge is 0.235 e. The van der Waals surface area contributed by atoms with Crippen LogP contribution in [0.15, 0.2) is 303 Å². The predicted octanol–water partition coefficient (Wildman–Crippen LogP) is 21.1. The molecule has 0 unspecified atom stereocenters. The van der Waals surface area contributed by atoms with Crippen LogP contribution in [0.2, 0.25) is 0 Å². The van der Waals surface area contributed by atoms with E-state index >= 15 is 0 Å². The molecule has 0 aliphatic heterocycles. The molecule has 1 aliphatic rings. The molecule has 0 amide bonds. The summed E-state index contributed by atoms with van der Waals surface area (Å²) in [5.74, 6) is 0.628. The van der Waals surface area contributed by atoms with Gasteiger partial charge >= 0.3 is 0 Å². The van der Waals surface area contributed by atoms with Crippen LogP contribution in [0.3, 0.4) is 0 Å². The zero-order chi connectivity index (χ0) is 55.3. The molecular formula is C79H50N4S. The van der Waals surface area contributed by atoms with Crippen molar-refractivity contribution in [3.63, 3.8) is 0 Å². The van der Waals surface area contributed by atoms with Crippen molar-refractivity contribution in [3.05, 3.63) is 326 Å². The van der Waals surface area contributed by atoms with Crippen LogP contribution in [0.5, 0.6) is 0 Å². The Morgan fingerprint density at radius 3 is 1.49 bits per heavy atom. The SMILES string of the molecule is c1ccc(-c2ccc(N(c3ccc4c(c3)C(c3ccccc3)(c3ccccc3)c3ccccc3-4)c3cccc4c3sc3c4ccc4c3c3c5ccccc5c5ccccc5c3n4-c3nc(-c4ccccc4)cc(-c4ccccc4)n3)cc2)cc1. The minimum absolute atomic E-state index is 0.574. The number of fused-ring (bicyclic) bond motifs is 15. The fourth-order valence-corrected chi connectivity index (χ4v) is 15.2. The minimum Gasteiger partial charge on any atom is -0.309 e. The van der Waals surface area contributed by atoms with Crippen LogP contribution in [-0.4, -0.2) is 14.5 Å². The zero-order valence-electron chi connectivity index (χ0n) is 45.6. The Morgan fingerprint density at radius 2 is 0.833 bits per heavy atom. The van der Waals surface area contributed by atoms with Crippen LogP contribution in [0.25, 0.3) is 114 Å². The first-order valence-corrected chi connectivity index (χ1v) is 29.5. The summed E-state index contributed by atoms with van der Waals surface area (Å²) in [5.41, 5.74) is 18.5. The highest BCUT2D eigenvalue weighted by molar-refractivity contribution is 7.27. The number of hydrogen-bond donors (Lipinski definition) is 0. The maximum atomic E-state index is 5.55. The van der Waals surface area contributed by atoms with Gasteiger partial charge in [0.05, 0.1) is 38.2 Å². The Bertz CT molecular complexity index is 5130. The van der Waals surface area contributed by atoms with E-state index < -0.39 is 5.41 Å². The lowest BCUT2D eigenvalue weighted by atomic mass is 9.67. The van der Waals surface area contributed by atoms with Crippen molar-refractivity contribution in [2.24, 2.45) is 0 Å². The van der Waals surface area contributed by atoms with E-state index in [-0.39, 0.29) is 0 Å². The van der Waals surface area contributed by atoms with Crippen molar-refractivity contribution < 1.29 is 0 Å². The molecular weight excluding hydrogens is 1040 g/mol. The molecule has 16 aromatic rings. The molecule has 0 saturated carbocycles. The number of aromatic nitrogens is 3. The number of benzene rings is 13. The van der Waals surface area contributed by atoms with Crippen LogP contribution in [0.4, 0.5) is 17.1 Å². The van der Waals surface area contributed by atoms with Crippen molar-refractivity contribution in [2.75, 3.05) is 4.90 Å². The van der Waals surface area contributed by atoms with Gasteiger partial charge in [-0.2, -0.15) is 0 Å². The molecule has 0 spiro atoms. The predicted molar refractivity (Wildman–Crippen MR) is 353 cm³/mol. The zero-order valence-corrected chi connectivity index (χ0v) is 46.4. The molecule has 0 fully saturated rings. The molecule has 0 saturated heterocycles.